The van der Waals surface area contributed by atoms with Crippen molar-refractivity contribution in [2.45, 2.75) is 32.9 Å². The molecule has 0 spiro atoms. The van der Waals surface area contributed by atoms with Gasteiger partial charge in [-0.1, -0.05) is 6.07 Å². The standard InChI is InChI=1S/C16H17F3N4O4/c1-9-5-12(14(25)26)22-15(21-10(2)24)23(9)7-11-3-4-13(20-6-11)27-8-16(17,18)19/h3-6,15H,7-8H2,1-2H3,(H,21,24)(H,25,26). The highest BCUT2D eigenvalue weighted by Crippen LogP contribution is 2.21. The van der Waals surface area contributed by atoms with Gasteiger partial charge in [0.15, 0.2) is 12.9 Å². The van der Waals surface area contributed by atoms with Crippen molar-refractivity contribution in [3.63, 3.8) is 0 Å². The maximum Gasteiger partial charge on any atom is 0.422 e. The van der Waals surface area contributed by atoms with Gasteiger partial charge >= 0.3 is 12.1 Å². The van der Waals surface area contributed by atoms with E-state index in [1.807, 2.05) is 0 Å². The Morgan fingerprint density at radius 2 is 2.07 bits per heavy atom. The quantitative estimate of drug-likeness (QED) is 0.771. The number of carbonyl (C=O) groups is 2. The minimum Gasteiger partial charge on any atom is -0.477 e. The number of alkyl halides is 3. The van der Waals surface area contributed by atoms with E-state index >= 15 is 0 Å². The number of aliphatic imine (C=N–C) groups is 1. The van der Waals surface area contributed by atoms with Crippen molar-refractivity contribution in [2.24, 2.45) is 4.99 Å². The second-order valence-corrected chi connectivity index (χ2v) is 5.72. The number of hydrogen-bond donors (Lipinski definition) is 2. The van der Waals surface area contributed by atoms with Crippen molar-refractivity contribution in [1.29, 1.82) is 0 Å². The number of amides is 1. The van der Waals surface area contributed by atoms with E-state index in [4.69, 9.17) is 5.11 Å². The van der Waals surface area contributed by atoms with Gasteiger partial charge in [0.1, 0.15) is 5.71 Å². The molecule has 0 saturated carbocycles. The van der Waals surface area contributed by atoms with Crippen LogP contribution in [0.3, 0.4) is 0 Å². The molecular formula is C16H17F3N4O4. The van der Waals surface area contributed by atoms with Gasteiger partial charge in [-0.3, -0.25) is 4.79 Å². The largest absolute Gasteiger partial charge is 0.477 e. The van der Waals surface area contributed by atoms with E-state index in [2.05, 4.69) is 20.0 Å². The van der Waals surface area contributed by atoms with E-state index in [0.717, 1.165) is 0 Å². The van der Waals surface area contributed by atoms with E-state index in [0.29, 0.717) is 11.3 Å². The number of halogens is 3. The van der Waals surface area contributed by atoms with Gasteiger partial charge < -0.3 is 20.1 Å². The molecule has 27 heavy (non-hydrogen) atoms. The lowest BCUT2D eigenvalue weighted by Gasteiger charge is -2.34. The van der Waals surface area contributed by atoms with Crippen LogP contribution >= 0.6 is 0 Å². The molecule has 1 atom stereocenters. The highest BCUT2D eigenvalue weighted by Gasteiger charge is 2.29. The number of allylic oxidation sites excluding steroid dienone is 1. The molecule has 1 aromatic rings. The Morgan fingerprint density at radius 1 is 1.37 bits per heavy atom. The van der Waals surface area contributed by atoms with Gasteiger partial charge in [0.05, 0.1) is 0 Å². The van der Waals surface area contributed by atoms with Gasteiger partial charge in [0, 0.05) is 31.4 Å². The lowest BCUT2D eigenvalue weighted by Crippen LogP contribution is -2.48. The number of carboxylic acids is 1. The number of aliphatic carboxylic acids is 1. The summed E-state index contributed by atoms with van der Waals surface area (Å²) >= 11 is 0. The summed E-state index contributed by atoms with van der Waals surface area (Å²) in [4.78, 5) is 32.0. The molecule has 0 bridgehead atoms. The first-order valence-corrected chi connectivity index (χ1v) is 7.73. The zero-order valence-corrected chi connectivity index (χ0v) is 14.4. The van der Waals surface area contributed by atoms with Crippen LogP contribution < -0.4 is 10.1 Å². The summed E-state index contributed by atoms with van der Waals surface area (Å²) in [6, 6.07) is 2.82. The molecule has 0 aromatic carbocycles. The van der Waals surface area contributed by atoms with Crippen LogP contribution in [0.25, 0.3) is 0 Å². The van der Waals surface area contributed by atoms with Crippen LogP contribution in [0.5, 0.6) is 5.88 Å². The molecule has 146 valence electrons. The summed E-state index contributed by atoms with van der Waals surface area (Å²) in [6.07, 6.45) is -2.70. The van der Waals surface area contributed by atoms with Crippen molar-refractivity contribution in [2.75, 3.05) is 6.61 Å². The molecule has 1 unspecified atom stereocenters. The number of ether oxygens (including phenoxy) is 1. The molecule has 8 nitrogen and oxygen atoms in total. The Kier molecular flexibility index (Phi) is 6.03. The van der Waals surface area contributed by atoms with E-state index < -0.39 is 30.9 Å². The van der Waals surface area contributed by atoms with Crippen LogP contribution in [0.4, 0.5) is 13.2 Å². The number of nitrogens with one attached hydrogen (secondary N) is 1. The van der Waals surface area contributed by atoms with E-state index in [1.165, 1.54) is 31.3 Å². The minimum atomic E-state index is -4.46. The van der Waals surface area contributed by atoms with Crippen LogP contribution in [0.15, 0.2) is 35.1 Å². The first-order chi connectivity index (χ1) is 12.5. The molecule has 0 saturated heterocycles. The van der Waals surface area contributed by atoms with Crippen LogP contribution in [-0.4, -0.2) is 51.7 Å². The van der Waals surface area contributed by atoms with Crippen LogP contribution in [0.1, 0.15) is 19.4 Å². The SMILES string of the molecule is CC(=O)NC1N=C(C(=O)O)C=C(C)N1Cc1ccc(OCC(F)(F)F)nc1. The Balaban J connectivity index is 2.13. The minimum absolute atomic E-state index is 0.174. The molecule has 2 heterocycles. The van der Waals surface area contributed by atoms with Gasteiger partial charge in [-0.05, 0) is 18.6 Å². The maximum atomic E-state index is 12.2. The summed E-state index contributed by atoms with van der Waals surface area (Å²) in [5.41, 5.74) is 0.946. The second kappa shape index (κ2) is 8.06. The Morgan fingerprint density at radius 3 is 2.59 bits per heavy atom. The normalized spacial score (nSPS) is 17.1. The third kappa shape index (κ3) is 5.97. The highest BCUT2D eigenvalue weighted by atomic mass is 19.4. The van der Waals surface area contributed by atoms with Crippen LogP contribution in [-0.2, 0) is 16.1 Å². The predicted octanol–water partition coefficient (Wildman–Crippen LogP) is 1.69. The first kappa shape index (κ1) is 20.2. The number of rotatable bonds is 6. The third-order valence-corrected chi connectivity index (χ3v) is 3.44. The molecule has 0 fully saturated rings. The molecule has 2 rings (SSSR count). The lowest BCUT2D eigenvalue weighted by molar-refractivity contribution is -0.154. The maximum absolute atomic E-state index is 12.2. The molecule has 1 aromatic heterocycles. The van der Waals surface area contributed by atoms with Gasteiger partial charge in [-0.15, -0.1) is 0 Å². The summed E-state index contributed by atoms with van der Waals surface area (Å²) in [6.45, 7) is 1.68. The van der Waals surface area contributed by atoms with Crippen LogP contribution in [0.2, 0.25) is 0 Å². The lowest BCUT2D eigenvalue weighted by atomic mass is 10.2. The summed E-state index contributed by atoms with van der Waals surface area (Å²) in [5.74, 6) is -1.80. The molecule has 1 aliphatic rings. The smallest absolute Gasteiger partial charge is 0.422 e. The van der Waals surface area contributed by atoms with E-state index in [1.54, 1.807) is 11.8 Å². The zero-order valence-electron chi connectivity index (χ0n) is 14.4. The molecule has 0 aliphatic carbocycles. The average molecular weight is 386 g/mol. The number of aromatic nitrogens is 1. The fourth-order valence-electron chi connectivity index (χ4n) is 2.27. The number of nitrogens with zero attached hydrogens (tertiary/aromatic N) is 3. The summed E-state index contributed by atoms with van der Waals surface area (Å²) in [5, 5.41) is 11.7. The van der Waals surface area contributed by atoms with Crippen molar-refractivity contribution in [3.8, 4) is 5.88 Å². The molecular weight excluding hydrogens is 369 g/mol. The second-order valence-electron chi connectivity index (χ2n) is 5.72. The fraction of sp³-hybridized carbons (Fsp3) is 0.375. The molecule has 11 heteroatoms. The van der Waals surface area contributed by atoms with Gasteiger partial charge in [0.25, 0.3) is 0 Å². The van der Waals surface area contributed by atoms with Crippen LogP contribution in [0, 0.1) is 0 Å². The van der Waals surface area contributed by atoms with Gasteiger partial charge in [-0.25, -0.2) is 14.8 Å². The van der Waals surface area contributed by atoms with Crippen molar-refractivity contribution in [3.05, 3.63) is 35.7 Å². The number of hydrogen-bond acceptors (Lipinski definition) is 6. The third-order valence-electron chi connectivity index (χ3n) is 3.44. The van der Waals surface area contributed by atoms with E-state index in [-0.39, 0.29) is 18.1 Å². The molecule has 1 amide bonds. The Labute approximate surface area is 152 Å². The fourth-order valence-corrected chi connectivity index (χ4v) is 2.27. The first-order valence-electron chi connectivity index (χ1n) is 7.73. The Bertz CT molecular complexity index is 775. The van der Waals surface area contributed by atoms with E-state index in [9.17, 15) is 22.8 Å². The van der Waals surface area contributed by atoms with Gasteiger partial charge in [0.2, 0.25) is 11.8 Å². The monoisotopic (exact) mass is 386 g/mol. The van der Waals surface area contributed by atoms with Crippen molar-refractivity contribution >= 4 is 17.6 Å². The van der Waals surface area contributed by atoms with Crippen molar-refractivity contribution < 1.29 is 32.6 Å². The summed E-state index contributed by atoms with van der Waals surface area (Å²) in [7, 11) is 0. The predicted molar refractivity (Wildman–Crippen MR) is 87.8 cm³/mol. The number of carboxylic acid groups (broad SMARTS) is 1. The summed E-state index contributed by atoms with van der Waals surface area (Å²) < 4.78 is 41.0. The molecule has 1 aliphatic heterocycles. The van der Waals surface area contributed by atoms with Gasteiger partial charge in [-0.2, -0.15) is 13.2 Å². The van der Waals surface area contributed by atoms with Crippen molar-refractivity contribution in [1.82, 2.24) is 15.2 Å². The Hall–Kier alpha value is -3.11. The highest BCUT2D eigenvalue weighted by molar-refractivity contribution is 6.40. The number of pyridine rings is 1. The number of carbonyl (C=O) groups excluding carboxylic acids is 1. The zero-order chi connectivity index (χ0) is 20.2. The topological polar surface area (TPSA) is 104 Å². The molecule has 0 radical (unpaired) electrons. The average Bonchev–Trinajstić information content (AvgIpc) is 2.55. The molecule has 2 N–H and O–H groups in total.